The lowest BCUT2D eigenvalue weighted by Crippen LogP contribution is -2.02. The van der Waals surface area contributed by atoms with Crippen LogP contribution in [0.5, 0.6) is 0 Å². The Hall–Kier alpha value is -2.94. The molecule has 2 aromatic heterocycles. The van der Waals surface area contributed by atoms with E-state index in [-0.39, 0.29) is 5.82 Å². The number of halogens is 1. The van der Waals surface area contributed by atoms with Crippen LogP contribution in [0, 0.1) is 19.7 Å². The Bertz CT molecular complexity index is 1030. The van der Waals surface area contributed by atoms with Crippen LogP contribution in [0.2, 0.25) is 0 Å². The molecule has 4 rings (SSSR count). The highest BCUT2D eigenvalue weighted by Gasteiger charge is 2.12. The molecule has 0 aliphatic carbocycles. The second-order valence-electron chi connectivity index (χ2n) is 6.53. The second kappa shape index (κ2) is 6.17. The maximum atomic E-state index is 13.2. The average molecular weight is 330 g/mol. The molecule has 0 spiro atoms. The van der Waals surface area contributed by atoms with Gasteiger partial charge in [0.15, 0.2) is 0 Å². The maximum Gasteiger partial charge on any atom is 0.123 e. The third kappa shape index (κ3) is 3.05. The molecule has 0 saturated heterocycles. The van der Waals surface area contributed by atoms with Crippen molar-refractivity contribution in [3.63, 3.8) is 0 Å². The van der Waals surface area contributed by atoms with Gasteiger partial charge in [0.05, 0.1) is 11.4 Å². The highest BCUT2D eigenvalue weighted by Crippen LogP contribution is 2.29. The van der Waals surface area contributed by atoms with E-state index in [9.17, 15) is 4.39 Å². The van der Waals surface area contributed by atoms with E-state index in [2.05, 4.69) is 52.9 Å². The Morgan fingerprint density at radius 3 is 2.36 bits per heavy atom. The summed E-state index contributed by atoms with van der Waals surface area (Å²) in [7, 11) is 0. The van der Waals surface area contributed by atoms with Gasteiger partial charge < -0.3 is 4.57 Å². The van der Waals surface area contributed by atoms with E-state index in [4.69, 9.17) is 0 Å². The number of hydrogen-bond acceptors (Lipinski definition) is 1. The van der Waals surface area contributed by atoms with E-state index in [1.807, 2.05) is 25.3 Å². The van der Waals surface area contributed by atoms with Gasteiger partial charge in [-0.2, -0.15) is 0 Å². The first-order valence-electron chi connectivity index (χ1n) is 8.37. The molecule has 0 saturated carbocycles. The molecule has 0 amide bonds. The van der Waals surface area contributed by atoms with Gasteiger partial charge in [0.2, 0.25) is 0 Å². The van der Waals surface area contributed by atoms with Crippen molar-refractivity contribution >= 4 is 10.9 Å². The van der Waals surface area contributed by atoms with Crippen molar-refractivity contribution in [2.24, 2.45) is 0 Å². The summed E-state index contributed by atoms with van der Waals surface area (Å²) in [6.07, 6.45) is 1.89. The molecule has 0 aliphatic rings. The Balaban J connectivity index is 1.88. The SMILES string of the molecule is Cc1ccc(-c2cc3cc(C)ccc3n2Cc2ccc(F)cc2)nc1. The fourth-order valence-corrected chi connectivity index (χ4v) is 3.16. The number of benzene rings is 2. The van der Waals surface area contributed by atoms with Crippen LogP contribution < -0.4 is 0 Å². The number of hydrogen-bond donors (Lipinski definition) is 0. The largest absolute Gasteiger partial charge is 0.335 e. The molecule has 0 fully saturated rings. The monoisotopic (exact) mass is 330 g/mol. The molecule has 2 nitrogen and oxygen atoms in total. The Morgan fingerprint density at radius 2 is 1.64 bits per heavy atom. The molecule has 0 N–H and O–H groups in total. The first-order valence-corrected chi connectivity index (χ1v) is 8.37. The van der Waals surface area contributed by atoms with E-state index >= 15 is 0 Å². The van der Waals surface area contributed by atoms with Gasteiger partial charge in [0.25, 0.3) is 0 Å². The second-order valence-corrected chi connectivity index (χ2v) is 6.53. The molecule has 2 heterocycles. The summed E-state index contributed by atoms with van der Waals surface area (Å²) in [4.78, 5) is 4.60. The summed E-state index contributed by atoms with van der Waals surface area (Å²) < 4.78 is 15.5. The molecule has 124 valence electrons. The Morgan fingerprint density at radius 1 is 0.880 bits per heavy atom. The first-order chi connectivity index (χ1) is 12.1. The molecule has 4 aromatic rings. The van der Waals surface area contributed by atoms with Crippen molar-refractivity contribution in [1.82, 2.24) is 9.55 Å². The lowest BCUT2D eigenvalue weighted by atomic mass is 10.2. The number of nitrogens with zero attached hydrogens (tertiary/aromatic N) is 2. The van der Waals surface area contributed by atoms with Crippen LogP contribution >= 0.6 is 0 Å². The zero-order chi connectivity index (χ0) is 17.4. The van der Waals surface area contributed by atoms with Gasteiger partial charge in [0, 0.05) is 23.6 Å². The van der Waals surface area contributed by atoms with Crippen molar-refractivity contribution in [3.8, 4) is 11.4 Å². The van der Waals surface area contributed by atoms with Gasteiger partial charge in [-0.1, -0.05) is 29.8 Å². The van der Waals surface area contributed by atoms with E-state index in [1.54, 1.807) is 0 Å². The fraction of sp³-hybridized carbons (Fsp3) is 0.136. The van der Waals surface area contributed by atoms with E-state index in [1.165, 1.54) is 23.1 Å². The van der Waals surface area contributed by atoms with E-state index < -0.39 is 0 Å². The van der Waals surface area contributed by atoms with Crippen LogP contribution in [0.4, 0.5) is 4.39 Å². The van der Waals surface area contributed by atoms with Gasteiger partial charge in [-0.05, 0) is 61.4 Å². The van der Waals surface area contributed by atoms with Gasteiger partial charge in [-0.25, -0.2) is 4.39 Å². The molecule has 0 unspecified atom stereocenters. The summed E-state index contributed by atoms with van der Waals surface area (Å²) >= 11 is 0. The first kappa shape index (κ1) is 15.6. The predicted molar refractivity (Wildman–Crippen MR) is 100 cm³/mol. The molecule has 0 aliphatic heterocycles. The van der Waals surface area contributed by atoms with E-state index in [0.717, 1.165) is 28.0 Å². The minimum Gasteiger partial charge on any atom is -0.335 e. The summed E-state index contributed by atoms with van der Waals surface area (Å²) in [5.41, 5.74) is 6.61. The minimum atomic E-state index is -0.211. The molecular formula is C22H19FN2. The van der Waals surface area contributed by atoms with Gasteiger partial charge >= 0.3 is 0 Å². The topological polar surface area (TPSA) is 17.8 Å². The summed E-state index contributed by atoms with van der Waals surface area (Å²) in [6, 6.07) is 19.5. The Labute approximate surface area is 146 Å². The number of fused-ring (bicyclic) bond motifs is 1. The smallest absolute Gasteiger partial charge is 0.123 e. The van der Waals surface area contributed by atoms with Crippen LogP contribution in [-0.2, 0) is 6.54 Å². The van der Waals surface area contributed by atoms with Crippen LogP contribution in [0.15, 0.2) is 66.9 Å². The van der Waals surface area contributed by atoms with Crippen molar-refractivity contribution in [2.75, 3.05) is 0 Å². The third-order valence-electron chi connectivity index (χ3n) is 4.48. The number of rotatable bonds is 3. The van der Waals surface area contributed by atoms with Gasteiger partial charge in [-0.3, -0.25) is 4.98 Å². The van der Waals surface area contributed by atoms with Crippen LogP contribution in [-0.4, -0.2) is 9.55 Å². The van der Waals surface area contributed by atoms with Crippen molar-refractivity contribution in [2.45, 2.75) is 20.4 Å². The standard InChI is InChI=1S/C22H19FN2/c1-15-4-10-21-18(11-15)12-22(20-9-3-16(2)13-24-20)25(21)14-17-5-7-19(23)8-6-17/h3-13H,14H2,1-2H3. The lowest BCUT2D eigenvalue weighted by molar-refractivity contribution is 0.626. The molecule has 0 atom stereocenters. The minimum absolute atomic E-state index is 0.211. The van der Waals surface area contributed by atoms with Crippen LogP contribution in [0.25, 0.3) is 22.3 Å². The molecule has 25 heavy (non-hydrogen) atoms. The molecule has 0 radical (unpaired) electrons. The highest BCUT2D eigenvalue weighted by atomic mass is 19.1. The lowest BCUT2D eigenvalue weighted by Gasteiger charge is -2.11. The van der Waals surface area contributed by atoms with E-state index in [0.29, 0.717) is 6.54 Å². The molecule has 3 heteroatoms. The maximum absolute atomic E-state index is 13.2. The van der Waals surface area contributed by atoms with Gasteiger partial charge in [-0.15, -0.1) is 0 Å². The summed E-state index contributed by atoms with van der Waals surface area (Å²) in [5.74, 6) is -0.211. The normalized spacial score (nSPS) is 11.2. The van der Waals surface area contributed by atoms with Crippen molar-refractivity contribution in [3.05, 3.63) is 89.4 Å². The molecular weight excluding hydrogens is 311 g/mol. The van der Waals surface area contributed by atoms with Crippen LogP contribution in [0.3, 0.4) is 0 Å². The molecule has 2 aromatic carbocycles. The summed E-state index contributed by atoms with van der Waals surface area (Å²) in [6.45, 7) is 4.81. The molecule has 0 bridgehead atoms. The summed E-state index contributed by atoms with van der Waals surface area (Å²) in [5, 5.41) is 1.19. The predicted octanol–water partition coefficient (Wildman–Crippen LogP) is 5.51. The van der Waals surface area contributed by atoms with Crippen molar-refractivity contribution in [1.29, 1.82) is 0 Å². The van der Waals surface area contributed by atoms with Gasteiger partial charge in [0.1, 0.15) is 5.82 Å². The number of aromatic nitrogens is 2. The fourth-order valence-electron chi connectivity index (χ4n) is 3.16. The Kier molecular flexibility index (Phi) is 3.85. The van der Waals surface area contributed by atoms with Crippen LogP contribution in [0.1, 0.15) is 16.7 Å². The van der Waals surface area contributed by atoms with Crippen molar-refractivity contribution < 1.29 is 4.39 Å². The quantitative estimate of drug-likeness (QED) is 0.484. The zero-order valence-corrected chi connectivity index (χ0v) is 14.3. The average Bonchev–Trinajstić information content (AvgIpc) is 2.95. The number of aryl methyl sites for hydroxylation is 2. The zero-order valence-electron chi connectivity index (χ0n) is 14.3. The number of pyridine rings is 1. The third-order valence-corrected chi connectivity index (χ3v) is 4.48. The highest BCUT2D eigenvalue weighted by molar-refractivity contribution is 5.87.